The molecular formula is C26H31FN8O2. The van der Waals surface area contributed by atoms with Crippen molar-refractivity contribution in [3.63, 3.8) is 0 Å². The number of fused-ring (bicyclic) bond motifs is 1. The number of aryl methyl sites for hydroxylation is 4. The van der Waals surface area contributed by atoms with Crippen LogP contribution in [0.1, 0.15) is 40.0 Å². The fourth-order valence-electron chi connectivity index (χ4n) is 3.94. The van der Waals surface area contributed by atoms with Gasteiger partial charge in [-0.1, -0.05) is 19.6 Å². The Morgan fingerprint density at radius 1 is 0.838 bits per heavy atom. The van der Waals surface area contributed by atoms with E-state index in [0.717, 1.165) is 33.6 Å². The zero-order chi connectivity index (χ0) is 25.3. The van der Waals surface area contributed by atoms with E-state index < -0.39 is 5.91 Å². The molecule has 0 saturated carbocycles. The highest BCUT2D eigenvalue weighted by Crippen LogP contribution is 2.19. The molecule has 5 N–H and O–H groups in total. The Hall–Kier alpha value is -4.80. The Balaban J connectivity index is 0.000000247. The third-order valence-corrected chi connectivity index (χ3v) is 5.34. The molecule has 1 amide bonds. The number of amides is 1. The van der Waals surface area contributed by atoms with Gasteiger partial charge in [0.05, 0.1) is 30.1 Å². The lowest BCUT2D eigenvalue weighted by atomic mass is 10.1. The van der Waals surface area contributed by atoms with Crippen LogP contribution in [0, 0.1) is 27.7 Å². The maximum absolute atomic E-state index is 11.6. The van der Waals surface area contributed by atoms with Crippen LogP contribution in [-0.4, -0.2) is 35.4 Å². The number of hydrogen-bond donors (Lipinski definition) is 3. The number of carbonyl (C=O) groups excluding carboxylic acids is 1. The molecule has 194 valence electrons. The SMILES string of the molecule is C.Cc1cc(C)cc(-n2ncc(C(N)=O)c2N)c1.Cc1cc(C)cc(-n2ncc3c(=O)[nH]cnc32)c1.F. The van der Waals surface area contributed by atoms with E-state index in [1.807, 2.05) is 52.0 Å². The van der Waals surface area contributed by atoms with E-state index in [4.69, 9.17) is 11.5 Å². The number of benzene rings is 2. The van der Waals surface area contributed by atoms with Gasteiger partial charge in [0.1, 0.15) is 16.8 Å². The number of halogens is 1. The second-order valence-electron chi connectivity index (χ2n) is 8.44. The van der Waals surface area contributed by atoms with Crippen LogP contribution in [0.3, 0.4) is 0 Å². The lowest BCUT2D eigenvalue weighted by Gasteiger charge is -2.07. The summed E-state index contributed by atoms with van der Waals surface area (Å²) in [5.74, 6) is -0.305. The van der Waals surface area contributed by atoms with Crippen molar-refractivity contribution >= 4 is 22.8 Å². The Kier molecular flexibility index (Phi) is 8.68. The number of rotatable bonds is 3. The number of nitrogen functional groups attached to an aromatic ring is 1. The van der Waals surface area contributed by atoms with Crippen molar-refractivity contribution in [3.8, 4) is 11.4 Å². The van der Waals surface area contributed by atoms with Crippen molar-refractivity contribution in [2.24, 2.45) is 5.73 Å². The second-order valence-corrected chi connectivity index (χ2v) is 8.44. The van der Waals surface area contributed by atoms with Crippen molar-refractivity contribution < 1.29 is 9.50 Å². The van der Waals surface area contributed by atoms with Gasteiger partial charge in [-0.15, -0.1) is 0 Å². The predicted octanol–water partition coefficient (Wildman–Crippen LogP) is 3.68. The van der Waals surface area contributed by atoms with E-state index in [2.05, 4.69) is 32.3 Å². The molecule has 0 bridgehead atoms. The van der Waals surface area contributed by atoms with E-state index in [9.17, 15) is 9.59 Å². The summed E-state index contributed by atoms with van der Waals surface area (Å²) in [6.45, 7) is 8.04. The van der Waals surface area contributed by atoms with Gasteiger partial charge in [0.25, 0.3) is 11.5 Å². The zero-order valence-corrected chi connectivity index (χ0v) is 20.3. The summed E-state index contributed by atoms with van der Waals surface area (Å²) >= 11 is 0. The normalized spacial score (nSPS) is 10.2. The first-order valence-corrected chi connectivity index (χ1v) is 10.9. The molecule has 0 aliphatic heterocycles. The van der Waals surface area contributed by atoms with E-state index in [1.54, 1.807) is 10.9 Å². The quantitative estimate of drug-likeness (QED) is 0.340. The molecule has 0 aliphatic carbocycles. The van der Waals surface area contributed by atoms with Crippen LogP contribution in [0.2, 0.25) is 0 Å². The number of nitrogens with zero attached hydrogens (tertiary/aromatic N) is 5. The maximum Gasteiger partial charge on any atom is 0.261 e. The average Bonchev–Trinajstić information content (AvgIpc) is 3.37. The molecule has 0 fully saturated rings. The Morgan fingerprint density at radius 3 is 1.81 bits per heavy atom. The van der Waals surface area contributed by atoms with Crippen LogP contribution in [-0.2, 0) is 0 Å². The molecule has 3 heterocycles. The van der Waals surface area contributed by atoms with Crippen molar-refractivity contribution in [2.45, 2.75) is 35.1 Å². The number of aromatic nitrogens is 6. The Labute approximate surface area is 213 Å². The molecule has 37 heavy (non-hydrogen) atoms. The van der Waals surface area contributed by atoms with Crippen molar-refractivity contribution in [2.75, 3.05) is 5.73 Å². The number of carbonyl (C=O) groups is 1. The lowest BCUT2D eigenvalue weighted by Crippen LogP contribution is -2.13. The van der Waals surface area contributed by atoms with Gasteiger partial charge in [-0.05, 0) is 74.2 Å². The number of nitrogens with one attached hydrogen (secondary N) is 1. The second kappa shape index (κ2) is 11.3. The molecule has 0 atom stereocenters. The summed E-state index contributed by atoms with van der Waals surface area (Å²) < 4.78 is 3.20. The van der Waals surface area contributed by atoms with Gasteiger partial charge in [0.2, 0.25) is 0 Å². The van der Waals surface area contributed by atoms with Crippen molar-refractivity contribution in [1.29, 1.82) is 0 Å². The molecule has 0 unspecified atom stereocenters. The van der Waals surface area contributed by atoms with Gasteiger partial charge in [0, 0.05) is 0 Å². The minimum atomic E-state index is -0.571. The number of aromatic amines is 1. The first-order chi connectivity index (χ1) is 16.6. The molecular weight excluding hydrogens is 475 g/mol. The highest BCUT2D eigenvalue weighted by Gasteiger charge is 2.13. The molecule has 11 heteroatoms. The largest absolute Gasteiger partial charge is 0.383 e. The maximum atomic E-state index is 11.6. The highest BCUT2D eigenvalue weighted by atomic mass is 19.0. The van der Waals surface area contributed by atoms with Crippen LogP contribution in [0.25, 0.3) is 22.4 Å². The predicted molar refractivity (Wildman–Crippen MR) is 144 cm³/mol. The molecule has 10 nitrogen and oxygen atoms in total. The van der Waals surface area contributed by atoms with E-state index >= 15 is 0 Å². The molecule has 0 aliphatic rings. The first-order valence-electron chi connectivity index (χ1n) is 10.9. The lowest BCUT2D eigenvalue weighted by molar-refractivity contribution is 0.100. The van der Waals surface area contributed by atoms with Crippen molar-refractivity contribution in [3.05, 3.63) is 93.3 Å². The van der Waals surface area contributed by atoms with Crippen molar-refractivity contribution in [1.82, 2.24) is 29.5 Å². The molecule has 0 spiro atoms. The van der Waals surface area contributed by atoms with E-state index in [0.29, 0.717) is 11.0 Å². The van der Waals surface area contributed by atoms with Gasteiger partial charge >= 0.3 is 0 Å². The zero-order valence-electron chi connectivity index (χ0n) is 20.3. The van der Waals surface area contributed by atoms with Gasteiger partial charge in [-0.3, -0.25) is 14.3 Å². The van der Waals surface area contributed by atoms with Crippen LogP contribution in [0.4, 0.5) is 10.5 Å². The number of hydrogen-bond acceptors (Lipinski definition) is 6. The summed E-state index contributed by atoms with van der Waals surface area (Å²) in [6, 6.07) is 12.1. The molecule has 5 aromatic rings. The van der Waals surface area contributed by atoms with Gasteiger partial charge in [-0.25, -0.2) is 14.3 Å². The number of anilines is 1. The fourth-order valence-corrected chi connectivity index (χ4v) is 3.94. The molecule has 0 radical (unpaired) electrons. The minimum absolute atomic E-state index is 0. The number of primary amides is 1. The van der Waals surface area contributed by atoms with Crippen LogP contribution in [0.5, 0.6) is 0 Å². The van der Waals surface area contributed by atoms with E-state index in [1.165, 1.54) is 17.2 Å². The molecule has 3 aromatic heterocycles. The third kappa shape index (κ3) is 5.89. The van der Waals surface area contributed by atoms with Gasteiger partial charge in [0.15, 0.2) is 5.65 Å². The third-order valence-electron chi connectivity index (χ3n) is 5.34. The minimum Gasteiger partial charge on any atom is -0.383 e. The summed E-state index contributed by atoms with van der Waals surface area (Å²) in [4.78, 5) is 29.4. The first kappa shape index (κ1) is 28.4. The summed E-state index contributed by atoms with van der Waals surface area (Å²) in [7, 11) is 0. The van der Waals surface area contributed by atoms with Gasteiger partial charge in [-0.2, -0.15) is 10.2 Å². The Bertz CT molecular complexity index is 1580. The summed E-state index contributed by atoms with van der Waals surface area (Å²) in [5.41, 5.74) is 17.9. The van der Waals surface area contributed by atoms with Crippen LogP contribution < -0.4 is 17.0 Å². The van der Waals surface area contributed by atoms with E-state index in [-0.39, 0.29) is 29.1 Å². The Morgan fingerprint density at radius 2 is 1.32 bits per heavy atom. The topological polar surface area (TPSA) is 150 Å². The standard InChI is InChI=1S/C13H12N4O.C12H14N4O.CH4.FH/c1-8-3-9(2)5-10(4-8)17-12-11(6-16-17)13(18)15-7-14-12;1-7-3-8(2)5-9(4-7)16-11(13)10(6-15-16)12(14)17;;/h3-7H,1-2H3,(H,14,15,18);3-6H,13H2,1-2H3,(H2,14,17);1H4;1H. The average molecular weight is 507 g/mol. The smallest absolute Gasteiger partial charge is 0.261 e. The number of H-pyrrole nitrogens is 1. The summed E-state index contributed by atoms with van der Waals surface area (Å²) in [5, 5.41) is 8.82. The summed E-state index contributed by atoms with van der Waals surface area (Å²) in [6.07, 6.45) is 4.32. The molecule has 0 saturated heterocycles. The van der Waals surface area contributed by atoms with Crippen LogP contribution >= 0.6 is 0 Å². The van der Waals surface area contributed by atoms with Crippen LogP contribution in [0.15, 0.2) is 59.9 Å². The molecule has 5 rings (SSSR count). The number of nitrogens with two attached hydrogens (primary N) is 2. The molecule has 2 aromatic carbocycles. The van der Waals surface area contributed by atoms with Gasteiger partial charge < -0.3 is 16.5 Å². The highest BCUT2D eigenvalue weighted by molar-refractivity contribution is 5.97. The monoisotopic (exact) mass is 506 g/mol. The fraction of sp³-hybridized carbons (Fsp3) is 0.192.